The van der Waals surface area contributed by atoms with E-state index in [0.29, 0.717) is 17.4 Å². The van der Waals surface area contributed by atoms with Crippen molar-refractivity contribution in [1.29, 1.82) is 0 Å². The highest BCUT2D eigenvalue weighted by atomic mass is 16.7. The summed E-state index contributed by atoms with van der Waals surface area (Å²) in [5, 5.41) is 18.5. The van der Waals surface area contributed by atoms with Crippen LogP contribution in [0.5, 0.6) is 0 Å². The van der Waals surface area contributed by atoms with Gasteiger partial charge in [-0.25, -0.2) is 4.79 Å². The number of allylic oxidation sites excluding steroid dienone is 1. The first-order chi connectivity index (χ1) is 24.0. The van der Waals surface area contributed by atoms with E-state index < -0.39 is 6.16 Å². The molecule has 0 bridgehead atoms. The van der Waals surface area contributed by atoms with E-state index in [-0.39, 0.29) is 6.10 Å². The fourth-order valence-corrected chi connectivity index (χ4v) is 11.5. The lowest BCUT2D eigenvalue weighted by molar-refractivity contribution is -0.0573. The molecule has 1 unspecified atom stereocenters. The Morgan fingerprint density at radius 3 is 1.90 bits per heavy atom. The number of rotatable bonds is 22. The van der Waals surface area contributed by atoms with Gasteiger partial charge < -0.3 is 14.9 Å². The van der Waals surface area contributed by atoms with Crippen molar-refractivity contribution in [2.24, 2.45) is 46.3 Å². The van der Waals surface area contributed by atoms with Gasteiger partial charge in [-0.1, -0.05) is 169 Å². The van der Waals surface area contributed by atoms with Crippen LogP contribution in [-0.2, 0) is 4.74 Å². The van der Waals surface area contributed by atoms with Crippen LogP contribution in [0.1, 0.15) is 215 Å². The average molecular weight is 701 g/mol. The Balaban J connectivity index is 0.000000281. The van der Waals surface area contributed by atoms with Gasteiger partial charge in [0.15, 0.2) is 0 Å². The van der Waals surface area contributed by atoms with Crippen molar-refractivity contribution in [3.05, 3.63) is 11.6 Å². The largest absolute Gasteiger partial charge is 0.505 e. The standard InChI is InChI=1S/C27H46O.C19H38O3/c1-18(2)7-6-8-19(3)23-11-12-24-22-10-9-20-17-21(28)13-15-26(20,4)25(22)14-16-27(23,24)5;1-2-3-4-5-6-7-8-9-10-11-12-13-14-15-16-17-18-22-19(20)21/h9,18-19,21-25,28H,6-8,10-17H2,1-5H3;2-18H2,1H3,(H,20,21)/t19?,21-,22-,23+,24-,25-,26-,27+;/m0./s1. The molecule has 4 aliphatic carbocycles. The van der Waals surface area contributed by atoms with E-state index in [1.807, 2.05) is 0 Å². The molecule has 50 heavy (non-hydrogen) atoms. The lowest BCUT2D eigenvalue weighted by Gasteiger charge is -2.58. The number of ether oxygens (including phenoxy) is 1. The number of carboxylic acid groups (broad SMARTS) is 1. The normalized spacial score (nSPS) is 30.8. The lowest BCUT2D eigenvalue weighted by atomic mass is 9.47. The average Bonchev–Trinajstić information content (AvgIpc) is 3.44. The number of fused-ring (bicyclic) bond motifs is 5. The van der Waals surface area contributed by atoms with Gasteiger partial charge in [0, 0.05) is 0 Å². The molecule has 3 fully saturated rings. The van der Waals surface area contributed by atoms with Crippen LogP contribution in [0.25, 0.3) is 0 Å². The summed E-state index contributed by atoms with van der Waals surface area (Å²) in [6.07, 6.45) is 37.3. The Hall–Kier alpha value is -1.03. The smallest absolute Gasteiger partial charge is 0.450 e. The van der Waals surface area contributed by atoms with E-state index in [9.17, 15) is 9.90 Å². The van der Waals surface area contributed by atoms with Crippen LogP contribution in [0.3, 0.4) is 0 Å². The first-order valence-corrected chi connectivity index (χ1v) is 22.3. The second-order valence-corrected chi connectivity index (χ2v) is 18.6. The van der Waals surface area contributed by atoms with Gasteiger partial charge in [0.2, 0.25) is 0 Å². The molecule has 4 aliphatic rings. The molecule has 2 N–H and O–H groups in total. The van der Waals surface area contributed by atoms with Crippen molar-refractivity contribution < 1.29 is 19.7 Å². The molecule has 4 heteroatoms. The number of aliphatic hydroxyl groups is 1. The first kappa shape index (κ1) is 43.4. The second kappa shape index (κ2) is 22.9. The SMILES string of the molecule is CC(C)CCCC(C)[C@H]1CC[C@H]2[C@@H]3CC=C4C[C@@H](O)CC[C@]4(C)[C@H]3CC[C@]12C.CCCCCCCCCCCCCCCCCCOC(=O)O. The molecule has 0 aromatic heterocycles. The molecular formula is C46H84O4. The molecule has 8 atom stereocenters. The van der Waals surface area contributed by atoms with E-state index in [1.165, 1.54) is 148 Å². The molecule has 0 aromatic rings. The molecule has 4 nitrogen and oxygen atoms in total. The van der Waals surface area contributed by atoms with Gasteiger partial charge >= 0.3 is 6.16 Å². The molecule has 3 saturated carbocycles. The predicted octanol–water partition coefficient (Wildman–Crippen LogP) is 14.3. The van der Waals surface area contributed by atoms with Gasteiger partial charge in [0.1, 0.15) is 0 Å². The summed E-state index contributed by atoms with van der Waals surface area (Å²) >= 11 is 0. The third-order valence-electron chi connectivity index (χ3n) is 14.5. The molecule has 0 spiro atoms. The highest BCUT2D eigenvalue weighted by molar-refractivity contribution is 5.56. The van der Waals surface area contributed by atoms with Gasteiger partial charge in [0.05, 0.1) is 12.7 Å². The summed E-state index contributed by atoms with van der Waals surface area (Å²) < 4.78 is 4.48. The summed E-state index contributed by atoms with van der Waals surface area (Å²) in [6.45, 7) is 15.2. The van der Waals surface area contributed by atoms with E-state index >= 15 is 0 Å². The van der Waals surface area contributed by atoms with E-state index in [0.717, 1.165) is 61.2 Å². The molecule has 4 rings (SSSR count). The Morgan fingerprint density at radius 1 is 0.760 bits per heavy atom. The minimum atomic E-state index is -1.15. The second-order valence-electron chi connectivity index (χ2n) is 18.6. The maximum Gasteiger partial charge on any atom is 0.505 e. The highest BCUT2D eigenvalue weighted by Crippen LogP contribution is 2.67. The van der Waals surface area contributed by atoms with Crippen molar-refractivity contribution in [2.45, 2.75) is 221 Å². The van der Waals surface area contributed by atoms with Crippen LogP contribution < -0.4 is 0 Å². The number of unbranched alkanes of at least 4 members (excludes halogenated alkanes) is 15. The maximum atomic E-state index is 10.2. The third kappa shape index (κ3) is 13.4. The molecule has 0 aliphatic heterocycles. The van der Waals surface area contributed by atoms with Crippen molar-refractivity contribution in [3.63, 3.8) is 0 Å². The summed E-state index contributed by atoms with van der Waals surface area (Å²) in [6, 6.07) is 0. The fraction of sp³-hybridized carbons (Fsp3) is 0.935. The van der Waals surface area contributed by atoms with Gasteiger partial charge in [0.25, 0.3) is 0 Å². The molecular weight excluding hydrogens is 617 g/mol. The molecule has 292 valence electrons. The minimum absolute atomic E-state index is 0.0766. The number of aliphatic hydroxyl groups excluding tert-OH is 1. The Labute approximate surface area is 310 Å². The van der Waals surface area contributed by atoms with Gasteiger partial charge in [-0.2, -0.15) is 0 Å². The Morgan fingerprint density at radius 2 is 1.34 bits per heavy atom. The topological polar surface area (TPSA) is 66.8 Å². The molecule has 0 amide bonds. The van der Waals surface area contributed by atoms with Gasteiger partial charge in [-0.05, 0) is 104 Å². The summed E-state index contributed by atoms with van der Waals surface area (Å²) in [5.74, 6) is 5.46. The van der Waals surface area contributed by atoms with Crippen molar-refractivity contribution in [3.8, 4) is 0 Å². The zero-order valence-electron chi connectivity index (χ0n) is 34.1. The van der Waals surface area contributed by atoms with Gasteiger partial charge in [-0.15, -0.1) is 0 Å². The highest BCUT2D eigenvalue weighted by Gasteiger charge is 2.59. The van der Waals surface area contributed by atoms with Crippen molar-refractivity contribution >= 4 is 6.16 Å². The number of hydrogen-bond donors (Lipinski definition) is 2. The molecule has 0 saturated heterocycles. The van der Waals surface area contributed by atoms with Crippen LogP contribution in [0.2, 0.25) is 0 Å². The van der Waals surface area contributed by atoms with Gasteiger partial charge in [-0.3, -0.25) is 0 Å². The van der Waals surface area contributed by atoms with Crippen LogP contribution >= 0.6 is 0 Å². The fourth-order valence-electron chi connectivity index (χ4n) is 11.5. The van der Waals surface area contributed by atoms with Crippen molar-refractivity contribution in [2.75, 3.05) is 6.61 Å². The quantitative estimate of drug-likeness (QED) is 0.0670. The molecule has 0 heterocycles. The van der Waals surface area contributed by atoms with E-state index in [2.05, 4.69) is 52.4 Å². The predicted molar refractivity (Wildman–Crippen MR) is 213 cm³/mol. The van der Waals surface area contributed by atoms with Crippen LogP contribution in [0, 0.1) is 46.3 Å². The first-order valence-electron chi connectivity index (χ1n) is 22.3. The van der Waals surface area contributed by atoms with Crippen LogP contribution in [0.15, 0.2) is 11.6 Å². The lowest BCUT2D eigenvalue weighted by Crippen LogP contribution is -2.50. The van der Waals surface area contributed by atoms with Crippen molar-refractivity contribution in [1.82, 2.24) is 0 Å². The summed E-state index contributed by atoms with van der Waals surface area (Å²) in [7, 11) is 0. The molecule has 0 radical (unpaired) electrons. The zero-order valence-corrected chi connectivity index (χ0v) is 34.1. The minimum Gasteiger partial charge on any atom is -0.450 e. The Bertz CT molecular complexity index is 958. The van der Waals surface area contributed by atoms with Crippen LogP contribution in [0.4, 0.5) is 4.79 Å². The third-order valence-corrected chi connectivity index (χ3v) is 14.5. The van der Waals surface area contributed by atoms with E-state index in [4.69, 9.17) is 5.11 Å². The monoisotopic (exact) mass is 701 g/mol. The van der Waals surface area contributed by atoms with E-state index in [1.54, 1.807) is 5.57 Å². The number of carbonyl (C=O) groups is 1. The number of hydrogen-bond acceptors (Lipinski definition) is 3. The summed E-state index contributed by atoms with van der Waals surface area (Å²) in [5.41, 5.74) is 2.60. The Kier molecular flexibility index (Phi) is 19.9. The maximum absolute atomic E-state index is 10.2. The van der Waals surface area contributed by atoms with Crippen LogP contribution in [-0.4, -0.2) is 29.1 Å². The molecule has 0 aromatic carbocycles. The summed E-state index contributed by atoms with van der Waals surface area (Å²) in [4.78, 5) is 10.1. The zero-order chi connectivity index (χ0) is 36.4.